The molecule has 0 amide bonds. The molecule has 0 aliphatic heterocycles. The normalized spacial score (nSPS) is 11.0. The highest BCUT2D eigenvalue weighted by molar-refractivity contribution is 7.80. The maximum atomic E-state index is 13.1. The van der Waals surface area contributed by atoms with Crippen LogP contribution in [-0.2, 0) is 12.6 Å². The number of rotatable bonds is 4. The van der Waals surface area contributed by atoms with Crippen molar-refractivity contribution in [1.82, 2.24) is 0 Å². The molecular formula is C16H14F3N3O2S. The van der Waals surface area contributed by atoms with Gasteiger partial charge in [-0.05, 0) is 42.4 Å². The van der Waals surface area contributed by atoms with Crippen LogP contribution in [0.2, 0.25) is 0 Å². The van der Waals surface area contributed by atoms with Gasteiger partial charge in [0, 0.05) is 17.8 Å². The van der Waals surface area contributed by atoms with E-state index in [1.54, 1.807) is 12.1 Å². The molecule has 2 N–H and O–H groups in total. The summed E-state index contributed by atoms with van der Waals surface area (Å²) < 4.78 is 39.4. The third kappa shape index (κ3) is 4.90. The predicted octanol–water partition coefficient (Wildman–Crippen LogP) is 4.98. The molecule has 0 bridgehead atoms. The van der Waals surface area contributed by atoms with Crippen molar-refractivity contribution in [2.75, 3.05) is 10.6 Å². The van der Waals surface area contributed by atoms with Crippen molar-refractivity contribution in [2.24, 2.45) is 0 Å². The second kappa shape index (κ2) is 7.47. The van der Waals surface area contributed by atoms with Crippen molar-refractivity contribution < 1.29 is 18.1 Å². The van der Waals surface area contributed by atoms with Crippen LogP contribution in [0.15, 0.2) is 42.5 Å². The topological polar surface area (TPSA) is 67.2 Å². The Morgan fingerprint density at radius 3 is 2.32 bits per heavy atom. The van der Waals surface area contributed by atoms with E-state index in [2.05, 4.69) is 10.6 Å². The van der Waals surface area contributed by atoms with Crippen molar-refractivity contribution in [2.45, 2.75) is 19.5 Å². The van der Waals surface area contributed by atoms with Gasteiger partial charge in [0.25, 0.3) is 5.69 Å². The Kier molecular flexibility index (Phi) is 5.58. The first-order valence-electron chi connectivity index (χ1n) is 7.23. The zero-order valence-corrected chi connectivity index (χ0v) is 13.9. The van der Waals surface area contributed by atoms with Crippen LogP contribution in [0, 0.1) is 10.1 Å². The number of hydrogen-bond donors (Lipinski definition) is 2. The summed E-state index contributed by atoms with van der Waals surface area (Å²) in [7, 11) is 0. The molecule has 0 unspecified atom stereocenters. The van der Waals surface area contributed by atoms with E-state index >= 15 is 0 Å². The summed E-state index contributed by atoms with van der Waals surface area (Å²) in [6.45, 7) is 2.00. The number of nitro benzene ring substituents is 1. The number of anilines is 2. The Labute approximate surface area is 147 Å². The van der Waals surface area contributed by atoms with Gasteiger partial charge in [-0.3, -0.25) is 10.1 Å². The Bertz CT molecular complexity index is 792. The van der Waals surface area contributed by atoms with Gasteiger partial charge in [0.2, 0.25) is 0 Å². The summed E-state index contributed by atoms with van der Waals surface area (Å²) in [4.78, 5) is 9.80. The fourth-order valence-corrected chi connectivity index (χ4v) is 2.33. The average molecular weight is 369 g/mol. The number of thiocarbonyl (C=S) groups is 1. The van der Waals surface area contributed by atoms with Gasteiger partial charge in [-0.1, -0.05) is 19.1 Å². The molecule has 0 heterocycles. The van der Waals surface area contributed by atoms with Gasteiger partial charge in [-0.15, -0.1) is 0 Å². The van der Waals surface area contributed by atoms with Gasteiger partial charge in [-0.25, -0.2) is 0 Å². The smallest absolute Gasteiger partial charge is 0.332 e. The van der Waals surface area contributed by atoms with Gasteiger partial charge in [-0.2, -0.15) is 13.2 Å². The molecular weight excluding hydrogens is 355 g/mol. The highest BCUT2D eigenvalue weighted by Crippen LogP contribution is 2.37. The van der Waals surface area contributed by atoms with Crippen LogP contribution in [0.1, 0.15) is 18.1 Å². The molecule has 0 radical (unpaired) electrons. The molecule has 2 aromatic rings. The van der Waals surface area contributed by atoms with Crippen molar-refractivity contribution in [3.8, 4) is 0 Å². The highest BCUT2D eigenvalue weighted by atomic mass is 32.1. The van der Waals surface area contributed by atoms with Crippen molar-refractivity contribution in [1.29, 1.82) is 0 Å². The Balaban J connectivity index is 2.20. The molecule has 0 aliphatic rings. The Morgan fingerprint density at radius 2 is 1.80 bits per heavy atom. The molecule has 0 fully saturated rings. The lowest BCUT2D eigenvalue weighted by Gasteiger charge is -2.16. The zero-order chi connectivity index (χ0) is 18.6. The minimum Gasteiger partial charge on any atom is -0.332 e. The average Bonchev–Trinajstić information content (AvgIpc) is 2.54. The minimum absolute atomic E-state index is 0.0522. The van der Waals surface area contributed by atoms with Crippen LogP contribution >= 0.6 is 12.2 Å². The van der Waals surface area contributed by atoms with Crippen LogP contribution in [0.25, 0.3) is 0 Å². The summed E-state index contributed by atoms with van der Waals surface area (Å²) in [6, 6.07) is 9.70. The third-order valence-electron chi connectivity index (χ3n) is 3.39. The van der Waals surface area contributed by atoms with E-state index in [0.717, 1.165) is 24.1 Å². The number of non-ortho nitro benzene ring substituents is 1. The number of hydrogen-bond acceptors (Lipinski definition) is 3. The second-order valence-corrected chi connectivity index (χ2v) is 5.52. The monoisotopic (exact) mass is 369 g/mol. The Morgan fingerprint density at radius 1 is 1.16 bits per heavy atom. The lowest BCUT2D eigenvalue weighted by Crippen LogP contribution is -2.21. The molecule has 9 heteroatoms. The molecule has 25 heavy (non-hydrogen) atoms. The van der Waals surface area contributed by atoms with E-state index in [9.17, 15) is 23.3 Å². The van der Waals surface area contributed by atoms with Crippen LogP contribution in [0.5, 0.6) is 0 Å². The van der Waals surface area contributed by atoms with Gasteiger partial charge < -0.3 is 10.6 Å². The SMILES string of the molecule is CCc1ccc(NC(=S)Nc2ccc([N+](=O)[O-])cc2C(F)(F)F)cc1. The van der Waals surface area contributed by atoms with Crippen molar-refractivity contribution >= 4 is 34.4 Å². The van der Waals surface area contributed by atoms with Gasteiger partial charge in [0.05, 0.1) is 16.2 Å². The number of benzene rings is 2. The van der Waals surface area contributed by atoms with Gasteiger partial charge >= 0.3 is 6.18 Å². The zero-order valence-electron chi connectivity index (χ0n) is 13.1. The standard InChI is InChI=1S/C16H14F3N3O2S/c1-2-10-3-5-11(6-4-10)20-15(25)21-14-8-7-12(22(23)24)9-13(14)16(17,18)19/h3-9H,2H2,1H3,(H2,20,21,25). The fraction of sp³-hybridized carbons (Fsp3) is 0.188. The molecule has 0 aromatic heterocycles. The molecule has 5 nitrogen and oxygen atoms in total. The van der Waals surface area contributed by atoms with E-state index in [1.807, 2.05) is 19.1 Å². The quantitative estimate of drug-likeness (QED) is 0.452. The van der Waals surface area contributed by atoms with E-state index in [-0.39, 0.29) is 10.8 Å². The maximum Gasteiger partial charge on any atom is 0.418 e. The van der Waals surface area contributed by atoms with Crippen LogP contribution in [0.4, 0.5) is 30.2 Å². The van der Waals surface area contributed by atoms with Crippen molar-refractivity contribution in [3.05, 3.63) is 63.7 Å². The van der Waals surface area contributed by atoms with Crippen molar-refractivity contribution in [3.63, 3.8) is 0 Å². The summed E-state index contributed by atoms with van der Waals surface area (Å²) in [5.74, 6) is 0. The van der Waals surface area contributed by atoms with Gasteiger partial charge in [0.15, 0.2) is 5.11 Å². The molecule has 132 valence electrons. The maximum absolute atomic E-state index is 13.1. The number of nitrogens with one attached hydrogen (secondary N) is 2. The number of halogens is 3. The van der Waals surface area contributed by atoms with E-state index < -0.39 is 22.4 Å². The number of aryl methyl sites for hydroxylation is 1. The van der Waals surface area contributed by atoms with E-state index in [0.29, 0.717) is 11.8 Å². The first-order chi connectivity index (χ1) is 11.7. The Hall–Kier alpha value is -2.68. The molecule has 2 aromatic carbocycles. The summed E-state index contributed by atoms with van der Waals surface area (Å²) in [6.07, 6.45) is -3.90. The second-order valence-electron chi connectivity index (χ2n) is 5.11. The number of nitrogens with zero attached hydrogens (tertiary/aromatic N) is 1. The molecule has 0 aliphatic carbocycles. The van der Waals surface area contributed by atoms with Crippen LogP contribution in [-0.4, -0.2) is 10.0 Å². The number of alkyl halides is 3. The first-order valence-corrected chi connectivity index (χ1v) is 7.64. The van der Waals surface area contributed by atoms with Crippen LogP contribution < -0.4 is 10.6 Å². The fourth-order valence-electron chi connectivity index (χ4n) is 2.10. The first kappa shape index (κ1) is 18.7. The van der Waals surface area contributed by atoms with E-state index in [1.165, 1.54) is 0 Å². The summed E-state index contributed by atoms with van der Waals surface area (Å²) in [5.41, 5.74) is -0.441. The largest absolute Gasteiger partial charge is 0.418 e. The van der Waals surface area contributed by atoms with Crippen LogP contribution in [0.3, 0.4) is 0 Å². The molecule has 0 saturated heterocycles. The van der Waals surface area contributed by atoms with Gasteiger partial charge in [0.1, 0.15) is 0 Å². The lowest BCUT2D eigenvalue weighted by atomic mass is 10.1. The third-order valence-corrected chi connectivity index (χ3v) is 3.59. The summed E-state index contributed by atoms with van der Waals surface area (Å²) in [5, 5.41) is 15.8. The molecule has 0 saturated carbocycles. The molecule has 0 spiro atoms. The molecule has 0 atom stereocenters. The predicted molar refractivity (Wildman–Crippen MR) is 93.8 cm³/mol. The number of nitro groups is 1. The minimum atomic E-state index is -4.76. The molecule has 2 rings (SSSR count). The van der Waals surface area contributed by atoms with E-state index in [4.69, 9.17) is 12.2 Å². The summed E-state index contributed by atoms with van der Waals surface area (Å²) >= 11 is 5.02. The lowest BCUT2D eigenvalue weighted by molar-refractivity contribution is -0.385. The highest BCUT2D eigenvalue weighted by Gasteiger charge is 2.35.